The van der Waals surface area contributed by atoms with Gasteiger partial charge in [0.15, 0.2) is 11.5 Å². The third-order valence-corrected chi connectivity index (χ3v) is 4.04. The second kappa shape index (κ2) is 7.34. The maximum atomic E-state index is 6.30. The maximum absolute atomic E-state index is 6.30. The SMILES string of the molecule is Clc1cc2c(cc1CCOCCNC1CC1)OCCCO2. The lowest BCUT2D eigenvalue weighted by Crippen LogP contribution is -2.22. The number of benzene rings is 1. The van der Waals surface area contributed by atoms with Crippen LogP contribution in [0.25, 0.3) is 0 Å². The van der Waals surface area contributed by atoms with Gasteiger partial charge in [-0.25, -0.2) is 0 Å². The summed E-state index contributed by atoms with van der Waals surface area (Å²) in [6.45, 7) is 3.72. The van der Waals surface area contributed by atoms with Gasteiger partial charge in [0.1, 0.15) is 0 Å². The van der Waals surface area contributed by atoms with E-state index in [1.807, 2.05) is 12.1 Å². The quantitative estimate of drug-likeness (QED) is 0.786. The van der Waals surface area contributed by atoms with Gasteiger partial charge in [0.25, 0.3) is 0 Å². The summed E-state index contributed by atoms with van der Waals surface area (Å²) in [5, 5.41) is 4.15. The molecule has 0 bridgehead atoms. The molecule has 2 aliphatic rings. The van der Waals surface area contributed by atoms with Crippen LogP contribution in [-0.2, 0) is 11.2 Å². The zero-order valence-corrected chi connectivity index (χ0v) is 13.0. The van der Waals surface area contributed by atoms with Crippen LogP contribution in [-0.4, -0.2) is 39.0 Å². The van der Waals surface area contributed by atoms with Crippen molar-refractivity contribution in [2.45, 2.75) is 31.7 Å². The van der Waals surface area contributed by atoms with E-state index in [2.05, 4.69) is 5.32 Å². The Morgan fingerprint density at radius 2 is 1.90 bits per heavy atom. The van der Waals surface area contributed by atoms with E-state index in [-0.39, 0.29) is 0 Å². The first-order valence-electron chi connectivity index (χ1n) is 7.72. The van der Waals surface area contributed by atoms with Gasteiger partial charge in [0.05, 0.1) is 26.4 Å². The first-order chi connectivity index (χ1) is 10.3. The van der Waals surface area contributed by atoms with Crippen LogP contribution in [0, 0.1) is 0 Å². The maximum Gasteiger partial charge on any atom is 0.162 e. The van der Waals surface area contributed by atoms with Crippen molar-refractivity contribution in [3.8, 4) is 11.5 Å². The molecule has 3 rings (SSSR count). The van der Waals surface area contributed by atoms with Crippen LogP contribution in [0.4, 0.5) is 0 Å². The van der Waals surface area contributed by atoms with Crippen LogP contribution in [0.15, 0.2) is 12.1 Å². The van der Waals surface area contributed by atoms with Crippen molar-refractivity contribution >= 4 is 11.6 Å². The minimum atomic E-state index is 0.672. The third-order valence-electron chi connectivity index (χ3n) is 3.69. The van der Waals surface area contributed by atoms with E-state index in [9.17, 15) is 0 Å². The van der Waals surface area contributed by atoms with Crippen LogP contribution in [0.2, 0.25) is 5.02 Å². The van der Waals surface area contributed by atoms with Crippen LogP contribution >= 0.6 is 11.6 Å². The second-order valence-corrected chi connectivity index (χ2v) is 5.94. The smallest absolute Gasteiger partial charge is 0.162 e. The largest absolute Gasteiger partial charge is 0.490 e. The molecule has 0 amide bonds. The van der Waals surface area contributed by atoms with Gasteiger partial charge in [-0.05, 0) is 30.9 Å². The lowest BCUT2D eigenvalue weighted by atomic mass is 10.1. The van der Waals surface area contributed by atoms with E-state index in [0.29, 0.717) is 19.8 Å². The Morgan fingerprint density at radius 1 is 1.14 bits per heavy atom. The number of halogens is 1. The summed E-state index contributed by atoms with van der Waals surface area (Å²) in [6.07, 6.45) is 4.32. The van der Waals surface area contributed by atoms with Crippen LogP contribution in [0.3, 0.4) is 0 Å². The topological polar surface area (TPSA) is 39.7 Å². The average molecular weight is 312 g/mol. The molecule has 1 heterocycles. The molecule has 116 valence electrons. The van der Waals surface area contributed by atoms with Gasteiger partial charge >= 0.3 is 0 Å². The van der Waals surface area contributed by atoms with Crippen molar-refractivity contribution < 1.29 is 14.2 Å². The van der Waals surface area contributed by atoms with Crippen LogP contribution in [0.5, 0.6) is 11.5 Å². The van der Waals surface area contributed by atoms with Crippen molar-refractivity contribution in [3.05, 3.63) is 22.7 Å². The van der Waals surface area contributed by atoms with E-state index in [1.54, 1.807) is 0 Å². The molecule has 1 aromatic rings. The highest BCUT2D eigenvalue weighted by atomic mass is 35.5. The molecule has 4 nitrogen and oxygen atoms in total. The molecular weight excluding hydrogens is 290 g/mol. The first kappa shape index (κ1) is 14.9. The highest BCUT2D eigenvalue weighted by Gasteiger charge is 2.19. The fraction of sp³-hybridized carbons (Fsp3) is 0.625. The number of ether oxygens (including phenoxy) is 3. The first-order valence-corrected chi connectivity index (χ1v) is 8.10. The molecule has 1 aromatic carbocycles. The Labute approximate surface area is 130 Å². The summed E-state index contributed by atoms with van der Waals surface area (Å²) in [5.74, 6) is 1.54. The highest BCUT2D eigenvalue weighted by Crippen LogP contribution is 2.35. The normalized spacial score (nSPS) is 17.6. The standard InChI is InChI=1S/C16H22ClNO3/c17-14-11-16-15(20-6-1-7-21-16)10-12(14)4-8-19-9-5-18-13-2-3-13/h10-11,13,18H,1-9H2. The van der Waals surface area contributed by atoms with E-state index in [0.717, 1.165) is 54.1 Å². The van der Waals surface area contributed by atoms with Crippen molar-refractivity contribution in [2.75, 3.05) is 33.0 Å². The van der Waals surface area contributed by atoms with E-state index >= 15 is 0 Å². The Kier molecular flexibility index (Phi) is 5.22. The van der Waals surface area contributed by atoms with Crippen molar-refractivity contribution in [1.29, 1.82) is 0 Å². The van der Waals surface area contributed by atoms with Gasteiger partial charge in [0, 0.05) is 30.1 Å². The summed E-state index contributed by atoms with van der Waals surface area (Å²) >= 11 is 6.30. The fourth-order valence-corrected chi connectivity index (χ4v) is 2.57. The Hall–Kier alpha value is -0.970. The Morgan fingerprint density at radius 3 is 2.67 bits per heavy atom. The number of rotatable bonds is 7. The predicted molar refractivity (Wildman–Crippen MR) is 82.6 cm³/mol. The fourth-order valence-electron chi connectivity index (χ4n) is 2.32. The lowest BCUT2D eigenvalue weighted by Gasteiger charge is -2.12. The number of nitrogens with one attached hydrogen (secondary N) is 1. The van der Waals surface area contributed by atoms with Crippen molar-refractivity contribution in [1.82, 2.24) is 5.32 Å². The minimum Gasteiger partial charge on any atom is -0.490 e. The van der Waals surface area contributed by atoms with E-state index in [1.165, 1.54) is 12.8 Å². The molecule has 0 spiro atoms. The molecule has 21 heavy (non-hydrogen) atoms. The third kappa shape index (κ3) is 4.50. The molecule has 0 atom stereocenters. The molecular formula is C16H22ClNO3. The summed E-state index contributed by atoms with van der Waals surface area (Å²) in [5.41, 5.74) is 1.05. The van der Waals surface area contributed by atoms with Gasteiger partial charge in [-0.15, -0.1) is 0 Å². The highest BCUT2D eigenvalue weighted by molar-refractivity contribution is 6.31. The summed E-state index contributed by atoms with van der Waals surface area (Å²) in [4.78, 5) is 0. The molecule has 1 aliphatic carbocycles. The monoisotopic (exact) mass is 311 g/mol. The van der Waals surface area contributed by atoms with Gasteiger partial charge in [-0.1, -0.05) is 11.6 Å². The molecule has 0 unspecified atom stereocenters. The van der Waals surface area contributed by atoms with Crippen molar-refractivity contribution in [3.63, 3.8) is 0 Å². The van der Waals surface area contributed by atoms with Gasteiger partial charge in [-0.3, -0.25) is 0 Å². The lowest BCUT2D eigenvalue weighted by molar-refractivity contribution is 0.138. The molecule has 5 heteroatoms. The average Bonchev–Trinajstić information content (AvgIpc) is 3.29. The zero-order valence-electron chi connectivity index (χ0n) is 12.2. The Balaban J connectivity index is 1.46. The predicted octanol–water partition coefficient (Wildman–Crippen LogP) is 2.81. The van der Waals surface area contributed by atoms with Crippen molar-refractivity contribution in [2.24, 2.45) is 0 Å². The van der Waals surface area contributed by atoms with E-state index in [4.69, 9.17) is 25.8 Å². The zero-order chi connectivity index (χ0) is 14.5. The van der Waals surface area contributed by atoms with Gasteiger partial charge in [-0.2, -0.15) is 0 Å². The number of hydrogen-bond donors (Lipinski definition) is 1. The summed E-state index contributed by atoms with van der Waals surface area (Å²) < 4.78 is 17.0. The van der Waals surface area contributed by atoms with Crippen LogP contribution < -0.4 is 14.8 Å². The molecule has 1 fully saturated rings. The second-order valence-electron chi connectivity index (χ2n) is 5.53. The number of fused-ring (bicyclic) bond motifs is 1. The molecule has 0 aromatic heterocycles. The van der Waals surface area contributed by atoms with Gasteiger partial charge in [0.2, 0.25) is 0 Å². The Bertz CT molecular complexity index is 477. The minimum absolute atomic E-state index is 0.672. The summed E-state index contributed by atoms with van der Waals surface area (Å²) in [7, 11) is 0. The molecule has 0 saturated heterocycles. The molecule has 0 radical (unpaired) electrons. The molecule has 1 aliphatic heterocycles. The molecule has 1 N–H and O–H groups in total. The number of hydrogen-bond acceptors (Lipinski definition) is 4. The molecule has 1 saturated carbocycles. The van der Waals surface area contributed by atoms with E-state index < -0.39 is 0 Å². The van der Waals surface area contributed by atoms with Crippen LogP contribution in [0.1, 0.15) is 24.8 Å². The van der Waals surface area contributed by atoms with Gasteiger partial charge < -0.3 is 19.5 Å². The summed E-state index contributed by atoms with van der Waals surface area (Å²) in [6, 6.07) is 4.57.